The maximum absolute atomic E-state index is 12.5. The fourth-order valence-corrected chi connectivity index (χ4v) is 5.46. The lowest BCUT2D eigenvalue weighted by molar-refractivity contribution is -0.131. The summed E-state index contributed by atoms with van der Waals surface area (Å²) in [6.45, 7) is 3.10. The second kappa shape index (κ2) is 10.3. The van der Waals surface area contributed by atoms with Gasteiger partial charge in [-0.3, -0.25) is 9.59 Å². The van der Waals surface area contributed by atoms with Gasteiger partial charge in [0.25, 0.3) is 0 Å². The van der Waals surface area contributed by atoms with Crippen molar-refractivity contribution < 1.29 is 9.59 Å². The predicted octanol–water partition coefficient (Wildman–Crippen LogP) is 2.39. The molecule has 2 fully saturated rings. The number of aromatic nitrogens is 2. The number of carbonyl (C=O) groups is 2. The second-order valence-electron chi connectivity index (χ2n) is 7.22. The molecular formula is C18H29N5O2S2. The third-order valence-corrected chi connectivity index (χ3v) is 7.51. The number of hydrogen-bond acceptors (Lipinski definition) is 7. The van der Waals surface area contributed by atoms with E-state index in [4.69, 9.17) is 0 Å². The number of rotatable bonds is 7. The average Bonchev–Trinajstić information content (AvgIpc) is 3.20. The van der Waals surface area contributed by atoms with Gasteiger partial charge in [0.1, 0.15) is 0 Å². The van der Waals surface area contributed by atoms with Crippen LogP contribution in [0.25, 0.3) is 0 Å². The van der Waals surface area contributed by atoms with Gasteiger partial charge >= 0.3 is 0 Å². The Bertz CT molecular complexity index is 625. The topological polar surface area (TPSA) is 78.4 Å². The van der Waals surface area contributed by atoms with Crippen LogP contribution < -0.4 is 10.2 Å². The minimum atomic E-state index is -0.0166. The molecule has 0 atom stereocenters. The van der Waals surface area contributed by atoms with Gasteiger partial charge in [0, 0.05) is 39.6 Å². The monoisotopic (exact) mass is 411 g/mol. The normalized spacial score (nSPS) is 18.6. The first kappa shape index (κ1) is 20.4. The molecule has 1 N–H and O–H groups in total. The van der Waals surface area contributed by atoms with Crippen molar-refractivity contribution in [1.29, 1.82) is 0 Å². The number of anilines is 1. The highest BCUT2D eigenvalue weighted by molar-refractivity contribution is 8.01. The van der Waals surface area contributed by atoms with E-state index >= 15 is 0 Å². The number of piperazine rings is 1. The lowest BCUT2D eigenvalue weighted by atomic mass is 9.86. The van der Waals surface area contributed by atoms with Crippen molar-refractivity contribution in [2.75, 3.05) is 43.9 Å². The smallest absolute Gasteiger partial charge is 0.230 e. The van der Waals surface area contributed by atoms with Crippen LogP contribution in [0.1, 0.15) is 44.9 Å². The number of thioether (sulfide) groups is 1. The molecule has 2 heterocycles. The first-order valence-electron chi connectivity index (χ1n) is 9.85. The Kier molecular flexibility index (Phi) is 7.75. The maximum atomic E-state index is 12.5. The quantitative estimate of drug-likeness (QED) is 0.694. The van der Waals surface area contributed by atoms with Gasteiger partial charge in [0.15, 0.2) is 4.34 Å². The lowest BCUT2D eigenvalue weighted by Gasteiger charge is -2.34. The van der Waals surface area contributed by atoms with E-state index in [2.05, 4.69) is 20.4 Å². The van der Waals surface area contributed by atoms with Gasteiger partial charge in [0.05, 0.1) is 5.75 Å². The molecule has 27 heavy (non-hydrogen) atoms. The summed E-state index contributed by atoms with van der Waals surface area (Å²) in [5, 5.41) is 11.9. The highest BCUT2D eigenvalue weighted by atomic mass is 32.2. The van der Waals surface area contributed by atoms with Gasteiger partial charge in [-0.2, -0.15) is 0 Å². The Balaban J connectivity index is 1.40. The molecule has 2 aliphatic rings. The van der Waals surface area contributed by atoms with Crippen LogP contribution in [0.3, 0.4) is 0 Å². The summed E-state index contributed by atoms with van der Waals surface area (Å²) in [7, 11) is 1.63. The van der Waals surface area contributed by atoms with E-state index < -0.39 is 0 Å². The number of carbonyl (C=O) groups excluding carboxylic acids is 2. The minimum Gasteiger partial charge on any atom is -0.358 e. The van der Waals surface area contributed by atoms with Gasteiger partial charge in [0.2, 0.25) is 16.9 Å². The van der Waals surface area contributed by atoms with Gasteiger partial charge < -0.3 is 15.1 Å². The molecule has 0 spiro atoms. The third-order valence-electron chi connectivity index (χ3n) is 5.40. The van der Waals surface area contributed by atoms with Gasteiger partial charge in [-0.15, -0.1) is 10.2 Å². The van der Waals surface area contributed by atoms with Crippen LogP contribution in [0.5, 0.6) is 0 Å². The number of hydrogen-bond donors (Lipinski definition) is 1. The van der Waals surface area contributed by atoms with Crippen molar-refractivity contribution >= 4 is 40.0 Å². The van der Waals surface area contributed by atoms with Crippen LogP contribution in [-0.4, -0.2) is 65.9 Å². The van der Waals surface area contributed by atoms with E-state index in [0.717, 1.165) is 48.0 Å². The molecule has 0 bridgehead atoms. The van der Waals surface area contributed by atoms with Crippen LogP contribution in [0.4, 0.5) is 5.13 Å². The molecule has 0 radical (unpaired) electrons. The molecule has 1 aliphatic heterocycles. The zero-order valence-corrected chi connectivity index (χ0v) is 17.6. The van der Waals surface area contributed by atoms with Crippen LogP contribution in [0.15, 0.2) is 4.34 Å². The summed E-state index contributed by atoms with van der Waals surface area (Å²) in [4.78, 5) is 28.0. The van der Waals surface area contributed by atoms with Crippen molar-refractivity contribution in [3.8, 4) is 0 Å². The van der Waals surface area contributed by atoms with Crippen molar-refractivity contribution in [1.82, 2.24) is 20.4 Å². The highest BCUT2D eigenvalue weighted by Crippen LogP contribution is 2.29. The molecule has 1 aromatic rings. The first-order chi connectivity index (χ1) is 13.2. The fourth-order valence-electron chi connectivity index (χ4n) is 3.70. The van der Waals surface area contributed by atoms with Crippen molar-refractivity contribution in [3.05, 3.63) is 0 Å². The van der Waals surface area contributed by atoms with Crippen LogP contribution >= 0.6 is 23.1 Å². The van der Waals surface area contributed by atoms with E-state index in [0.29, 0.717) is 18.1 Å². The molecule has 0 aromatic carbocycles. The zero-order valence-electron chi connectivity index (χ0n) is 16.0. The molecule has 2 amide bonds. The molecule has 1 aliphatic carbocycles. The van der Waals surface area contributed by atoms with Gasteiger partial charge in [-0.25, -0.2) is 0 Å². The van der Waals surface area contributed by atoms with Crippen LogP contribution in [-0.2, 0) is 9.59 Å². The predicted molar refractivity (Wildman–Crippen MR) is 109 cm³/mol. The number of nitrogens with zero attached hydrogens (tertiary/aromatic N) is 4. The maximum Gasteiger partial charge on any atom is 0.230 e. The first-order valence-corrected chi connectivity index (χ1v) is 11.7. The summed E-state index contributed by atoms with van der Waals surface area (Å²) >= 11 is 2.92. The molecule has 150 valence electrons. The molecule has 0 unspecified atom stereocenters. The third kappa shape index (κ3) is 6.07. The fraction of sp³-hybridized carbons (Fsp3) is 0.778. The largest absolute Gasteiger partial charge is 0.358 e. The summed E-state index contributed by atoms with van der Waals surface area (Å²) in [5.74, 6) is 1.40. The molecule has 3 rings (SSSR count). The Hall–Kier alpha value is -1.35. The zero-order chi connectivity index (χ0) is 19.1. The average molecular weight is 412 g/mol. The summed E-state index contributed by atoms with van der Waals surface area (Å²) < 4.78 is 0.805. The Morgan fingerprint density at radius 3 is 2.59 bits per heavy atom. The summed E-state index contributed by atoms with van der Waals surface area (Å²) in [6, 6.07) is 0. The van der Waals surface area contributed by atoms with E-state index in [1.807, 2.05) is 4.90 Å². The standard InChI is InChI=1S/C18H29N5O2S2/c1-19-15(24)13-26-18-21-20-17(27-18)23-11-9-22(10-12-23)16(25)8-7-14-5-3-2-4-6-14/h14H,2-13H2,1H3,(H,19,24). The van der Waals surface area contributed by atoms with Gasteiger partial charge in [-0.05, 0) is 12.3 Å². The summed E-state index contributed by atoms with van der Waals surface area (Å²) in [5.41, 5.74) is 0. The van der Waals surface area contributed by atoms with Crippen LogP contribution in [0.2, 0.25) is 0 Å². The Morgan fingerprint density at radius 1 is 1.15 bits per heavy atom. The van der Waals surface area contributed by atoms with E-state index in [1.165, 1.54) is 55.2 Å². The Labute approximate surface area is 169 Å². The van der Waals surface area contributed by atoms with Crippen molar-refractivity contribution in [2.24, 2.45) is 5.92 Å². The highest BCUT2D eigenvalue weighted by Gasteiger charge is 2.24. The molecule has 1 aromatic heterocycles. The number of amides is 2. The van der Waals surface area contributed by atoms with E-state index in [-0.39, 0.29) is 5.91 Å². The molecule has 7 nitrogen and oxygen atoms in total. The van der Waals surface area contributed by atoms with Gasteiger partial charge in [-0.1, -0.05) is 55.2 Å². The molecule has 1 saturated heterocycles. The summed E-state index contributed by atoms with van der Waals surface area (Å²) in [6.07, 6.45) is 8.40. The SMILES string of the molecule is CNC(=O)CSc1nnc(N2CCN(C(=O)CCC3CCCCC3)CC2)s1. The Morgan fingerprint density at radius 2 is 1.89 bits per heavy atom. The minimum absolute atomic E-state index is 0.0166. The second-order valence-corrected chi connectivity index (χ2v) is 9.40. The lowest BCUT2D eigenvalue weighted by Crippen LogP contribution is -2.48. The van der Waals surface area contributed by atoms with Crippen molar-refractivity contribution in [2.45, 2.75) is 49.3 Å². The van der Waals surface area contributed by atoms with Crippen LogP contribution in [0, 0.1) is 5.92 Å². The van der Waals surface area contributed by atoms with Crippen molar-refractivity contribution in [3.63, 3.8) is 0 Å². The van der Waals surface area contributed by atoms with E-state index in [9.17, 15) is 9.59 Å². The molecule has 1 saturated carbocycles. The van der Waals surface area contributed by atoms with E-state index in [1.54, 1.807) is 7.05 Å². The molecule has 9 heteroatoms. The molecular weight excluding hydrogens is 382 g/mol. The number of nitrogens with one attached hydrogen (secondary N) is 1.